The van der Waals surface area contributed by atoms with Crippen LogP contribution in [0.4, 0.5) is 4.79 Å². The number of rotatable bonds is 8. The molecule has 1 aromatic carbocycles. The number of methoxy groups -OCH3 is 1. The molecule has 0 radical (unpaired) electrons. The minimum atomic E-state index is -3.21. The molecule has 0 N–H and O–H groups in total. The van der Waals surface area contributed by atoms with Crippen molar-refractivity contribution < 1.29 is 22.7 Å². The predicted octanol–water partition coefficient (Wildman–Crippen LogP) is 2.83. The molecule has 3 rings (SSSR count). The summed E-state index contributed by atoms with van der Waals surface area (Å²) < 4.78 is 33.3. The Hall–Kier alpha value is -2.49. The summed E-state index contributed by atoms with van der Waals surface area (Å²) in [6, 6.07) is 11.2. The van der Waals surface area contributed by atoms with E-state index in [0.29, 0.717) is 30.6 Å². The van der Waals surface area contributed by atoms with Crippen LogP contribution in [0.3, 0.4) is 0 Å². The smallest absolute Gasteiger partial charge is 0.409 e. The predicted molar refractivity (Wildman–Crippen MR) is 122 cm³/mol. The van der Waals surface area contributed by atoms with Crippen LogP contribution >= 0.6 is 0 Å². The number of amides is 1. The fourth-order valence-electron chi connectivity index (χ4n) is 3.77. The Morgan fingerprint density at radius 2 is 1.81 bits per heavy atom. The second kappa shape index (κ2) is 10.9. The Balaban J connectivity index is 1.51. The van der Waals surface area contributed by atoms with Gasteiger partial charge in [-0.2, -0.15) is 0 Å². The maximum atomic E-state index is 12.1. The number of nitrogens with zero attached hydrogens (tertiary/aromatic N) is 3. The highest BCUT2D eigenvalue weighted by Gasteiger charge is 2.26. The molecule has 0 aliphatic carbocycles. The molecular formula is C23H31N3O5S. The third kappa shape index (κ3) is 6.51. The average molecular weight is 462 g/mol. The van der Waals surface area contributed by atoms with E-state index in [0.717, 1.165) is 36.2 Å². The summed E-state index contributed by atoms with van der Waals surface area (Å²) in [7, 11) is 0.466. The van der Waals surface area contributed by atoms with Crippen molar-refractivity contribution in [1.82, 2.24) is 14.8 Å². The van der Waals surface area contributed by atoms with Crippen molar-refractivity contribution in [3.8, 4) is 11.3 Å². The Morgan fingerprint density at radius 3 is 2.38 bits per heavy atom. The van der Waals surface area contributed by atoms with Crippen LogP contribution in [0.5, 0.6) is 0 Å². The Bertz CT molecular complexity index is 985. The first-order valence-corrected chi connectivity index (χ1v) is 12.5. The summed E-state index contributed by atoms with van der Waals surface area (Å²) in [5.74, 6) is 0. The lowest BCUT2D eigenvalue weighted by molar-refractivity contribution is 0.0567. The Kier molecular flexibility index (Phi) is 8.22. The van der Waals surface area contributed by atoms with Crippen molar-refractivity contribution in [3.05, 3.63) is 48.2 Å². The van der Waals surface area contributed by atoms with Crippen LogP contribution in [0.1, 0.15) is 18.4 Å². The van der Waals surface area contributed by atoms with Crippen LogP contribution in [-0.2, 0) is 25.9 Å². The first-order chi connectivity index (χ1) is 15.3. The van der Waals surface area contributed by atoms with Crippen LogP contribution in [0, 0.1) is 0 Å². The number of aromatic nitrogens is 1. The number of likely N-dealkylation sites (tertiary alicyclic amines) is 1. The average Bonchev–Trinajstić information content (AvgIpc) is 2.79. The van der Waals surface area contributed by atoms with Gasteiger partial charge in [-0.05, 0) is 43.7 Å². The van der Waals surface area contributed by atoms with Gasteiger partial charge in [-0.3, -0.25) is 9.88 Å². The van der Waals surface area contributed by atoms with E-state index in [-0.39, 0.29) is 12.7 Å². The molecule has 2 aromatic rings. The van der Waals surface area contributed by atoms with Crippen LogP contribution in [-0.4, -0.2) is 82.1 Å². The fraction of sp³-hybridized carbons (Fsp3) is 0.478. The minimum absolute atomic E-state index is 0.271. The summed E-state index contributed by atoms with van der Waals surface area (Å²) in [6.45, 7) is 2.82. The quantitative estimate of drug-likeness (QED) is 0.559. The molecular weight excluding hydrogens is 430 g/mol. The zero-order valence-electron chi connectivity index (χ0n) is 18.9. The molecule has 0 unspecified atom stereocenters. The van der Waals surface area contributed by atoms with Gasteiger partial charge < -0.3 is 14.4 Å². The number of sulfone groups is 1. The van der Waals surface area contributed by atoms with Crippen LogP contribution in [0.2, 0.25) is 0 Å². The molecule has 0 bridgehead atoms. The molecule has 1 aliphatic rings. The monoisotopic (exact) mass is 461 g/mol. The molecule has 8 nitrogen and oxygen atoms in total. The van der Waals surface area contributed by atoms with Crippen LogP contribution < -0.4 is 0 Å². The number of piperidine rings is 1. The van der Waals surface area contributed by atoms with Crippen LogP contribution in [0.25, 0.3) is 11.3 Å². The second-order valence-electron chi connectivity index (χ2n) is 8.09. The summed E-state index contributed by atoms with van der Waals surface area (Å²) in [5.41, 5.74) is 2.78. The van der Waals surface area contributed by atoms with Crippen molar-refractivity contribution in [2.45, 2.75) is 30.3 Å². The maximum absolute atomic E-state index is 12.1. The highest BCUT2D eigenvalue weighted by atomic mass is 32.2. The highest BCUT2D eigenvalue weighted by Crippen LogP contribution is 2.21. The van der Waals surface area contributed by atoms with Gasteiger partial charge in [-0.1, -0.05) is 18.2 Å². The SMILES string of the molecule is COCCOC(=O)N1CCC(N(C)Cc2ccc(-c3ccc(S(C)(=O)=O)cc3)nc2)CC1. The third-order valence-electron chi connectivity index (χ3n) is 5.69. The minimum Gasteiger partial charge on any atom is -0.447 e. The molecule has 0 atom stereocenters. The normalized spacial score (nSPS) is 15.2. The van der Waals surface area contributed by atoms with Gasteiger partial charge in [0.15, 0.2) is 9.84 Å². The van der Waals surface area contributed by atoms with E-state index < -0.39 is 9.84 Å². The lowest BCUT2D eigenvalue weighted by Gasteiger charge is -2.36. The highest BCUT2D eigenvalue weighted by molar-refractivity contribution is 7.90. The molecule has 1 saturated heterocycles. The first kappa shape index (κ1) is 24.2. The van der Waals surface area contributed by atoms with Crippen molar-refractivity contribution >= 4 is 15.9 Å². The summed E-state index contributed by atoms with van der Waals surface area (Å²) >= 11 is 0. The molecule has 9 heteroatoms. The topological polar surface area (TPSA) is 89.0 Å². The number of hydrogen-bond acceptors (Lipinski definition) is 7. The molecule has 1 aromatic heterocycles. The number of benzene rings is 1. The molecule has 2 heterocycles. The van der Waals surface area contributed by atoms with Gasteiger partial charge in [0.25, 0.3) is 0 Å². The molecule has 32 heavy (non-hydrogen) atoms. The number of carbonyl (C=O) groups excluding carboxylic acids is 1. The maximum Gasteiger partial charge on any atom is 0.409 e. The molecule has 1 aliphatic heterocycles. The second-order valence-corrected chi connectivity index (χ2v) is 10.1. The number of carbonyl (C=O) groups is 1. The molecule has 1 amide bonds. The number of ether oxygens (including phenoxy) is 2. The van der Waals surface area contributed by atoms with Gasteiger partial charge in [-0.25, -0.2) is 13.2 Å². The van der Waals surface area contributed by atoms with Crippen molar-refractivity contribution in [1.29, 1.82) is 0 Å². The lowest BCUT2D eigenvalue weighted by atomic mass is 10.0. The van der Waals surface area contributed by atoms with E-state index in [9.17, 15) is 13.2 Å². The zero-order chi connectivity index (χ0) is 23.1. The third-order valence-corrected chi connectivity index (χ3v) is 6.82. The van der Waals surface area contributed by atoms with E-state index >= 15 is 0 Å². The lowest BCUT2D eigenvalue weighted by Crippen LogP contribution is -2.45. The fourth-order valence-corrected chi connectivity index (χ4v) is 4.40. The Morgan fingerprint density at radius 1 is 1.12 bits per heavy atom. The van der Waals surface area contributed by atoms with Gasteiger partial charge in [0, 0.05) is 50.8 Å². The van der Waals surface area contributed by atoms with Gasteiger partial charge >= 0.3 is 6.09 Å². The summed E-state index contributed by atoms with van der Waals surface area (Å²) in [6.07, 6.45) is 4.58. The van der Waals surface area contributed by atoms with E-state index in [1.807, 2.05) is 18.3 Å². The van der Waals surface area contributed by atoms with Crippen molar-refractivity contribution in [2.75, 3.05) is 46.7 Å². The largest absolute Gasteiger partial charge is 0.447 e. The Labute approximate surface area is 190 Å². The molecule has 0 spiro atoms. The van der Waals surface area contributed by atoms with E-state index in [4.69, 9.17) is 9.47 Å². The zero-order valence-corrected chi connectivity index (χ0v) is 19.7. The standard InChI is InChI=1S/C23H31N3O5S/c1-25(20-10-12-26(13-11-20)23(27)31-15-14-30-2)17-18-4-9-22(24-16-18)19-5-7-21(8-6-19)32(3,28)29/h4-9,16,20H,10-15,17H2,1-3H3. The number of hydrogen-bond donors (Lipinski definition) is 0. The summed E-state index contributed by atoms with van der Waals surface area (Å²) in [4.78, 5) is 21.0. The van der Waals surface area contributed by atoms with E-state index in [1.165, 1.54) is 6.26 Å². The van der Waals surface area contributed by atoms with Gasteiger partial charge in [-0.15, -0.1) is 0 Å². The van der Waals surface area contributed by atoms with E-state index in [1.54, 1.807) is 36.3 Å². The van der Waals surface area contributed by atoms with Gasteiger partial charge in [0.05, 0.1) is 17.2 Å². The van der Waals surface area contributed by atoms with Crippen molar-refractivity contribution in [3.63, 3.8) is 0 Å². The van der Waals surface area contributed by atoms with Crippen LogP contribution in [0.15, 0.2) is 47.5 Å². The molecule has 174 valence electrons. The van der Waals surface area contributed by atoms with Crippen molar-refractivity contribution in [2.24, 2.45) is 0 Å². The van der Waals surface area contributed by atoms with Gasteiger partial charge in [0.2, 0.25) is 0 Å². The summed E-state index contributed by atoms with van der Waals surface area (Å²) in [5, 5.41) is 0. The molecule has 0 saturated carbocycles. The van der Waals surface area contributed by atoms with Gasteiger partial charge in [0.1, 0.15) is 6.61 Å². The number of pyridine rings is 1. The van der Waals surface area contributed by atoms with E-state index in [2.05, 4.69) is 16.9 Å². The first-order valence-electron chi connectivity index (χ1n) is 10.6. The molecule has 1 fully saturated rings.